The summed E-state index contributed by atoms with van der Waals surface area (Å²) >= 11 is 0. The van der Waals surface area contributed by atoms with Crippen LogP contribution >= 0.6 is 0 Å². The smallest absolute Gasteiger partial charge is 0.0189 e. The van der Waals surface area contributed by atoms with E-state index >= 15 is 0 Å². The third-order valence-electron chi connectivity index (χ3n) is 5.94. The van der Waals surface area contributed by atoms with Crippen molar-refractivity contribution < 1.29 is 0 Å². The SMILES string of the molecule is CC(C)CC(C)(C)CNC12CC3CC(CC(C3)C1)C2. The largest absolute Gasteiger partial charge is 0.311 e. The van der Waals surface area contributed by atoms with E-state index in [4.69, 9.17) is 0 Å². The third kappa shape index (κ3) is 3.01. The van der Waals surface area contributed by atoms with Crippen LogP contribution < -0.4 is 5.32 Å². The van der Waals surface area contributed by atoms with E-state index in [0.29, 0.717) is 11.0 Å². The summed E-state index contributed by atoms with van der Waals surface area (Å²) in [5.41, 5.74) is 1.00. The normalized spacial score (nSPS) is 41.2. The summed E-state index contributed by atoms with van der Waals surface area (Å²) in [4.78, 5) is 0. The summed E-state index contributed by atoms with van der Waals surface area (Å²) in [5, 5.41) is 4.07. The van der Waals surface area contributed by atoms with Gasteiger partial charge < -0.3 is 5.32 Å². The molecule has 0 aromatic carbocycles. The highest BCUT2D eigenvalue weighted by atomic mass is 15.0. The standard InChI is InChI=1S/C18H33N/c1-13(2)8-17(3,4)12-19-18-9-14-5-15(10-18)7-16(6-14)11-18/h13-16,19H,5-12H2,1-4H3. The molecule has 0 heterocycles. The Balaban J connectivity index is 1.60. The highest BCUT2D eigenvalue weighted by Gasteiger charge is 2.50. The molecule has 0 atom stereocenters. The van der Waals surface area contributed by atoms with Crippen molar-refractivity contribution in [1.82, 2.24) is 5.32 Å². The Morgan fingerprint density at radius 1 is 1.00 bits per heavy atom. The van der Waals surface area contributed by atoms with Crippen LogP contribution in [-0.2, 0) is 0 Å². The molecule has 19 heavy (non-hydrogen) atoms. The third-order valence-corrected chi connectivity index (χ3v) is 5.94. The Labute approximate surface area is 119 Å². The summed E-state index contributed by atoms with van der Waals surface area (Å²) < 4.78 is 0. The maximum absolute atomic E-state index is 4.07. The second-order valence-corrected chi connectivity index (χ2v) is 9.31. The zero-order valence-corrected chi connectivity index (χ0v) is 13.5. The fraction of sp³-hybridized carbons (Fsp3) is 1.00. The van der Waals surface area contributed by atoms with Crippen molar-refractivity contribution in [2.45, 2.75) is 78.2 Å². The summed E-state index contributed by atoms with van der Waals surface area (Å²) in [5.74, 6) is 4.00. The minimum Gasteiger partial charge on any atom is -0.311 e. The molecule has 0 saturated heterocycles. The van der Waals surface area contributed by atoms with Crippen molar-refractivity contribution in [2.75, 3.05) is 6.54 Å². The summed E-state index contributed by atoms with van der Waals surface area (Å²) in [6, 6.07) is 0. The second-order valence-electron chi connectivity index (χ2n) is 9.31. The second kappa shape index (κ2) is 4.76. The monoisotopic (exact) mass is 263 g/mol. The van der Waals surface area contributed by atoms with E-state index in [1.54, 1.807) is 19.3 Å². The van der Waals surface area contributed by atoms with Gasteiger partial charge in [0.1, 0.15) is 0 Å². The van der Waals surface area contributed by atoms with Gasteiger partial charge in [0.05, 0.1) is 0 Å². The number of hydrogen-bond acceptors (Lipinski definition) is 1. The van der Waals surface area contributed by atoms with Crippen molar-refractivity contribution in [3.05, 3.63) is 0 Å². The topological polar surface area (TPSA) is 12.0 Å². The molecule has 110 valence electrons. The molecule has 1 nitrogen and oxygen atoms in total. The highest BCUT2D eigenvalue weighted by molar-refractivity contribution is 5.06. The Hall–Kier alpha value is -0.0400. The molecule has 0 aromatic heterocycles. The van der Waals surface area contributed by atoms with Crippen LogP contribution in [0.4, 0.5) is 0 Å². The number of rotatable bonds is 5. The van der Waals surface area contributed by atoms with E-state index in [9.17, 15) is 0 Å². The van der Waals surface area contributed by atoms with E-state index in [0.717, 1.165) is 23.7 Å². The van der Waals surface area contributed by atoms with E-state index in [2.05, 4.69) is 33.0 Å². The van der Waals surface area contributed by atoms with Gasteiger partial charge >= 0.3 is 0 Å². The van der Waals surface area contributed by atoms with Gasteiger partial charge in [-0.1, -0.05) is 27.7 Å². The predicted octanol–water partition coefficient (Wildman–Crippen LogP) is 4.62. The minimum atomic E-state index is 0.456. The maximum atomic E-state index is 4.07. The first-order chi connectivity index (χ1) is 8.86. The van der Waals surface area contributed by atoms with Crippen molar-refractivity contribution >= 4 is 0 Å². The van der Waals surface area contributed by atoms with Crippen LogP contribution in [0.25, 0.3) is 0 Å². The molecule has 4 saturated carbocycles. The number of hydrogen-bond donors (Lipinski definition) is 1. The molecule has 0 aromatic rings. The maximum Gasteiger partial charge on any atom is 0.0189 e. The van der Waals surface area contributed by atoms with Gasteiger partial charge in [0.2, 0.25) is 0 Å². The fourth-order valence-corrected chi connectivity index (χ4v) is 5.93. The van der Waals surface area contributed by atoms with Gasteiger partial charge in [-0.2, -0.15) is 0 Å². The Kier molecular flexibility index (Phi) is 3.48. The zero-order valence-electron chi connectivity index (χ0n) is 13.5. The van der Waals surface area contributed by atoms with Gasteiger partial charge in [-0.05, 0) is 74.0 Å². The van der Waals surface area contributed by atoms with Crippen LogP contribution in [0.5, 0.6) is 0 Å². The first-order valence-corrected chi connectivity index (χ1v) is 8.61. The molecule has 4 aliphatic carbocycles. The molecule has 4 bridgehead atoms. The molecule has 0 aliphatic heterocycles. The molecule has 1 heteroatoms. The molecule has 0 spiro atoms. The van der Waals surface area contributed by atoms with E-state index in [1.165, 1.54) is 32.2 Å². The minimum absolute atomic E-state index is 0.456. The van der Waals surface area contributed by atoms with Gasteiger partial charge in [-0.25, -0.2) is 0 Å². The summed E-state index contributed by atoms with van der Waals surface area (Å²) in [7, 11) is 0. The summed E-state index contributed by atoms with van der Waals surface area (Å²) in [6.07, 6.45) is 10.4. The highest BCUT2D eigenvalue weighted by Crippen LogP contribution is 2.55. The van der Waals surface area contributed by atoms with Crippen LogP contribution in [0.1, 0.15) is 72.6 Å². The Morgan fingerprint density at radius 2 is 1.47 bits per heavy atom. The molecular weight excluding hydrogens is 230 g/mol. The van der Waals surface area contributed by atoms with E-state index in [1.807, 2.05) is 0 Å². The molecular formula is C18H33N. The zero-order chi connectivity index (χ0) is 13.7. The predicted molar refractivity (Wildman–Crippen MR) is 82.1 cm³/mol. The molecule has 4 fully saturated rings. The van der Waals surface area contributed by atoms with Gasteiger partial charge in [0, 0.05) is 12.1 Å². The lowest BCUT2D eigenvalue weighted by Gasteiger charge is -2.57. The van der Waals surface area contributed by atoms with Crippen molar-refractivity contribution in [3.8, 4) is 0 Å². The first kappa shape index (κ1) is 13.9. The molecule has 0 radical (unpaired) electrons. The van der Waals surface area contributed by atoms with Gasteiger partial charge in [-0.15, -0.1) is 0 Å². The van der Waals surface area contributed by atoms with Crippen molar-refractivity contribution in [3.63, 3.8) is 0 Å². The molecule has 0 amide bonds. The van der Waals surface area contributed by atoms with Crippen molar-refractivity contribution in [2.24, 2.45) is 29.1 Å². The van der Waals surface area contributed by atoms with Crippen LogP contribution in [0.3, 0.4) is 0 Å². The average molecular weight is 263 g/mol. The molecule has 4 aliphatic rings. The van der Waals surface area contributed by atoms with Crippen LogP contribution in [0.2, 0.25) is 0 Å². The van der Waals surface area contributed by atoms with E-state index in [-0.39, 0.29) is 0 Å². The lowest BCUT2D eigenvalue weighted by Crippen LogP contribution is -2.59. The molecule has 4 rings (SSSR count). The Morgan fingerprint density at radius 3 is 1.89 bits per heavy atom. The lowest BCUT2D eigenvalue weighted by atomic mass is 9.53. The first-order valence-electron chi connectivity index (χ1n) is 8.61. The number of nitrogens with one attached hydrogen (secondary N) is 1. The average Bonchev–Trinajstić information content (AvgIpc) is 2.23. The van der Waals surface area contributed by atoms with Crippen LogP contribution in [0.15, 0.2) is 0 Å². The lowest BCUT2D eigenvalue weighted by molar-refractivity contribution is -0.0243. The van der Waals surface area contributed by atoms with E-state index < -0.39 is 0 Å². The Bertz CT molecular complexity index is 293. The molecule has 1 N–H and O–H groups in total. The van der Waals surface area contributed by atoms with Gasteiger partial charge in [0.15, 0.2) is 0 Å². The van der Waals surface area contributed by atoms with Crippen LogP contribution in [-0.4, -0.2) is 12.1 Å². The molecule has 0 unspecified atom stereocenters. The van der Waals surface area contributed by atoms with Crippen LogP contribution in [0, 0.1) is 29.1 Å². The quantitative estimate of drug-likeness (QED) is 0.763. The summed E-state index contributed by atoms with van der Waals surface area (Å²) in [6.45, 7) is 10.8. The fourth-order valence-electron chi connectivity index (χ4n) is 5.93. The van der Waals surface area contributed by atoms with Gasteiger partial charge in [0.25, 0.3) is 0 Å². The van der Waals surface area contributed by atoms with Gasteiger partial charge in [-0.3, -0.25) is 0 Å². The van der Waals surface area contributed by atoms with Crippen molar-refractivity contribution in [1.29, 1.82) is 0 Å².